The molecule has 1 N–H and O–H groups in total. The highest BCUT2D eigenvalue weighted by Gasteiger charge is 2.32. The van der Waals surface area contributed by atoms with Crippen molar-refractivity contribution in [3.8, 4) is 0 Å². The van der Waals surface area contributed by atoms with Crippen LogP contribution in [0, 0.1) is 5.41 Å². The molecule has 0 heterocycles. The molecular formula is C16H24ClN. The van der Waals surface area contributed by atoms with Crippen LogP contribution in [-0.2, 0) is 0 Å². The minimum absolute atomic E-state index is 0.367. The molecular weight excluding hydrogens is 242 g/mol. The maximum Gasteiger partial charge on any atom is 0.0409 e. The van der Waals surface area contributed by atoms with E-state index in [0.717, 1.165) is 5.02 Å². The van der Waals surface area contributed by atoms with E-state index in [0.29, 0.717) is 17.5 Å². The van der Waals surface area contributed by atoms with Gasteiger partial charge in [0.05, 0.1) is 0 Å². The summed E-state index contributed by atoms with van der Waals surface area (Å²) in [6.45, 7) is 7.00. The summed E-state index contributed by atoms with van der Waals surface area (Å²) in [5.74, 6) is 0. The van der Waals surface area contributed by atoms with Gasteiger partial charge in [0.1, 0.15) is 0 Å². The largest absolute Gasteiger partial charge is 0.307 e. The molecule has 100 valence electrons. The van der Waals surface area contributed by atoms with E-state index in [9.17, 15) is 0 Å². The molecule has 2 atom stereocenters. The Balaban J connectivity index is 2.04. The predicted octanol–water partition coefficient (Wildman–Crippen LogP) is 4.96. The van der Waals surface area contributed by atoms with Crippen molar-refractivity contribution in [2.24, 2.45) is 5.41 Å². The minimum Gasteiger partial charge on any atom is -0.307 e. The van der Waals surface area contributed by atoms with Crippen molar-refractivity contribution in [1.82, 2.24) is 5.32 Å². The molecule has 1 fully saturated rings. The van der Waals surface area contributed by atoms with Gasteiger partial charge in [0.2, 0.25) is 0 Å². The Morgan fingerprint density at radius 2 is 2.11 bits per heavy atom. The summed E-state index contributed by atoms with van der Waals surface area (Å²) >= 11 is 6.06. The summed E-state index contributed by atoms with van der Waals surface area (Å²) in [5, 5.41) is 4.62. The number of benzene rings is 1. The highest BCUT2D eigenvalue weighted by atomic mass is 35.5. The maximum absolute atomic E-state index is 6.06. The Labute approximate surface area is 116 Å². The second-order valence-corrected chi connectivity index (χ2v) is 6.67. The van der Waals surface area contributed by atoms with Crippen LogP contribution in [0.2, 0.25) is 5.02 Å². The monoisotopic (exact) mass is 265 g/mol. The summed E-state index contributed by atoms with van der Waals surface area (Å²) in [6, 6.07) is 9.16. The molecule has 0 saturated heterocycles. The SMILES string of the molecule is CC(NC1CCCCC1(C)C)c1cccc(Cl)c1. The van der Waals surface area contributed by atoms with E-state index in [1.807, 2.05) is 12.1 Å². The molecule has 0 radical (unpaired) electrons. The summed E-state index contributed by atoms with van der Waals surface area (Å²) in [5.41, 5.74) is 1.69. The third kappa shape index (κ3) is 3.27. The van der Waals surface area contributed by atoms with Crippen molar-refractivity contribution in [2.45, 2.75) is 58.5 Å². The number of hydrogen-bond donors (Lipinski definition) is 1. The van der Waals surface area contributed by atoms with Crippen molar-refractivity contribution in [1.29, 1.82) is 0 Å². The van der Waals surface area contributed by atoms with Gasteiger partial charge >= 0.3 is 0 Å². The number of hydrogen-bond acceptors (Lipinski definition) is 1. The van der Waals surface area contributed by atoms with Crippen LogP contribution >= 0.6 is 11.6 Å². The maximum atomic E-state index is 6.06. The minimum atomic E-state index is 0.367. The van der Waals surface area contributed by atoms with Gasteiger partial charge in [-0.25, -0.2) is 0 Å². The first-order chi connectivity index (χ1) is 8.49. The van der Waals surface area contributed by atoms with Gasteiger partial charge in [-0.2, -0.15) is 0 Å². The molecule has 2 unspecified atom stereocenters. The lowest BCUT2D eigenvalue weighted by molar-refractivity contribution is 0.157. The van der Waals surface area contributed by atoms with Crippen molar-refractivity contribution in [3.63, 3.8) is 0 Å². The van der Waals surface area contributed by atoms with E-state index in [1.54, 1.807) is 0 Å². The van der Waals surface area contributed by atoms with Crippen molar-refractivity contribution in [3.05, 3.63) is 34.9 Å². The van der Waals surface area contributed by atoms with E-state index in [4.69, 9.17) is 11.6 Å². The fourth-order valence-electron chi connectivity index (χ4n) is 2.98. The molecule has 1 aliphatic rings. The molecule has 1 nitrogen and oxygen atoms in total. The molecule has 2 rings (SSSR count). The van der Waals surface area contributed by atoms with E-state index >= 15 is 0 Å². The second kappa shape index (κ2) is 5.63. The molecule has 0 amide bonds. The first-order valence-electron chi connectivity index (χ1n) is 7.00. The smallest absolute Gasteiger partial charge is 0.0409 e. The quantitative estimate of drug-likeness (QED) is 0.815. The van der Waals surface area contributed by atoms with Gasteiger partial charge < -0.3 is 5.32 Å². The highest BCUT2D eigenvalue weighted by molar-refractivity contribution is 6.30. The molecule has 2 heteroatoms. The zero-order valence-electron chi connectivity index (χ0n) is 11.7. The summed E-state index contributed by atoms with van der Waals surface area (Å²) in [6.07, 6.45) is 5.34. The number of nitrogens with one attached hydrogen (secondary N) is 1. The lowest BCUT2D eigenvalue weighted by atomic mass is 9.73. The van der Waals surface area contributed by atoms with Gasteiger partial charge in [0.15, 0.2) is 0 Å². The van der Waals surface area contributed by atoms with Crippen LogP contribution in [0.15, 0.2) is 24.3 Å². The van der Waals surface area contributed by atoms with Crippen LogP contribution in [0.25, 0.3) is 0 Å². The summed E-state index contributed by atoms with van der Waals surface area (Å²) < 4.78 is 0. The lowest BCUT2D eigenvalue weighted by Gasteiger charge is -2.41. The van der Waals surface area contributed by atoms with E-state index in [-0.39, 0.29) is 0 Å². The highest BCUT2D eigenvalue weighted by Crippen LogP contribution is 2.36. The molecule has 1 aromatic carbocycles. The standard InChI is InChI=1S/C16H24ClN/c1-12(13-7-6-8-14(17)11-13)18-15-9-4-5-10-16(15,2)3/h6-8,11-12,15,18H,4-5,9-10H2,1-3H3. The summed E-state index contributed by atoms with van der Waals surface area (Å²) in [4.78, 5) is 0. The molecule has 0 spiro atoms. The molecule has 1 aliphatic carbocycles. The van der Waals surface area contributed by atoms with Crippen LogP contribution in [0.3, 0.4) is 0 Å². The zero-order chi connectivity index (χ0) is 13.2. The molecule has 0 aromatic heterocycles. The second-order valence-electron chi connectivity index (χ2n) is 6.23. The van der Waals surface area contributed by atoms with Gasteiger partial charge in [-0.1, -0.05) is 50.4 Å². The molecule has 18 heavy (non-hydrogen) atoms. The fourth-order valence-corrected chi connectivity index (χ4v) is 3.18. The van der Waals surface area contributed by atoms with E-state index in [1.165, 1.54) is 31.2 Å². The molecule has 1 saturated carbocycles. The van der Waals surface area contributed by atoms with Crippen LogP contribution < -0.4 is 5.32 Å². The topological polar surface area (TPSA) is 12.0 Å². The van der Waals surface area contributed by atoms with E-state index in [2.05, 4.69) is 38.2 Å². The van der Waals surface area contributed by atoms with E-state index < -0.39 is 0 Å². The Morgan fingerprint density at radius 3 is 2.78 bits per heavy atom. The molecule has 0 aliphatic heterocycles. The first kappa shape index (κ1) is 13.9. The van der Waals surface area contributed by atoms with Gasteiger partial charge in [-0.15, -0.1) is 0 Å². The van der Waals surface area contributed by atoms with Gasteiger partial charge in [0.25, 0.3) is 0 Å². The van der Waals surface area contributed by atoms with Crippen LogP contribution in [0.1, 0.15) is 58.1 Å². The van der Waals surface area contributed by atoms with Crippen molar-refractivity contribution < 1.29 is 0 Å². The normalized spacial score (nSPS) is 24.8. The summed E-state index contributed by atoms with van der Waals surface area (Å²) in [7, 11) is 0. The molecule has 1 aromatic rings. The average molecular weight is 266 g/mol. The third-order valence-corrected chi connectivity index (χ3v) is 4.54. The van der Waals surface area contributed by atoms with Crippen LogP contribution in [-0.4, -0.2) is 6.04 Å². The van der Waals surface area contributed by atoms with Crippen LogP contribution in [0.4, 0.5) is 0 Å². The van der Waals surface area contributed by atoms with Gasteiger partial charge in [-0.3, -0.25) is 0 Å². The molecule has 0 bridgehead atoms. The number of rotatable bonds is 3. The number of halogens is 1. The first-order valence-corrected chi connectivity index (χ1v) is 7.38. The van der Waals surface area contributed by atoms with Gasteiger partial charge in [0, 0.05) is 17.1 Å². The Morgan fingerprint density at radius 1 is 1.33 bits per heavy atom. The predicted molar refractivity (Wildman–Crippen MR) is 79.0 cm³/mol. The van der Waals surface area contributed by atoms with Crippen LogP contribution in [0.5, 0.6) is 0 Å². The Kier molecular flexibility index (Phi) is 4.34. The Bertz CT molecular complexity index is 400. The van der Waals surface area contributed by atoms with Crippen molar-refractivity contribution in [2.75, 3.05) is 0 Å². The average Bonchev–Trinajstić information content (AvgIpc) is 2.31. The van der Waals surface area contributed by atoms with Gasteiger partial charge in [-0.05, 0) is 42.9 Å². The zero-order valence-corrected chi connectivity index (χ0v) is 12.4. The lowest BCUT2D eigenvalue weighted by Crippen LogP contribution is -2.45. The van der Waals surface area contributed by atoms with Crippen molar-refractivity contribution >= 4 is 11.6 Å². The Hall–Kier alpha value is -0.530. The fraction of sp³-hybridized carbons (Fsp3) is 0.625. The third-order valence-electron chi connectivity index (χ3n) is 4.31.